The molecule has 1 aliphatic rings. The molecule has 0 amide bonds. The van der Waals surface area contributed by atoms with E-state index in [2.05, 4.69) is 28.0 Å². The molecule has 0 bridgehead atoms. The maximum Gasteiger partial charge on any atom is 0.127 e. The van der Waals surface area contributed by atoms with E-state index < -0.39 is 0 Å². The Kier molecular flexibility index (Phi) is 6.36. The van der Waals surface area contributed by atoms with Crippen molar-refractivity contribution < 1.29 is 14.2 Å². The molecular weight excluding hydrogens is 328 g/mol. The highest BCUT2D eigenvalue weighted by Gasteiger charge is 2.19. The van der Waals surface area contributed by atoms with Gasteiger partial charge in [0, 0.05) is 56.5 Å². The molecule has 26 heavy (non-hydrogen) atoms. The second-order valence-corrected chi connectivity index (χ2v) is 6.54. The van der Waals surface area contributed by atoms with E-state index in [-0.39, 0.29) is 0 Å². The zero-order valence-electron chi connectivity index (χ0n) is 15.9. The predicted octanol–water partition coefficient (Wildman–Crippen LogP) is 3.03. The zero-order valence-corrected chi connectivity index (χ0v) is 15.9. The van der Waals surface area contributed by atoms with Crippen molar-refractivity contribution in [3.63, 3.8) is 0 Å². The molecule has 5 nitrogen and oxygen atoms in total. The molecule has 0 unspecified atom stereocenters. The Bertz CT molecular complexity index is 712. The number of benzene rings is 2. The summed E-state index contributed by atoms with van der Waals surface area (Å²) in [6.45, 7) is 6.03. The Morgan fingerprint density at radius 3 is 1.85 bits per heavy atom. The number of piperazine rings is 1. The van der Waals surface area contributed by atoms with Crippen LogP contribution in [-0.4, -0.2) is 57.3 Å². The summed E-state index contributed by atoms with van der Waals surface area (Å²) < 4.78 is 16.3. The fourth-order valence-corrected chi connectivity index (χ4v) is 3.40. The third-order valence-electron chi connectivity index (χ3n) is 4.94. The number of methoxy groups -OCH3 is 3. The number of nitrogens with zero attached hydrogens (tertiary/aromatic N) is 2. The van der Waals surface area contributed by atoms with Gasteiger partial charge < -0.3 is 14.2 Å². The van der Waals surface area contributed by atoms with Crippen molar-refractivity contribution in [2.24, 2.45) is 0 Å². The van der Waals surface area contributed by atoms with Crippen molar-refractivity contribution in [3.05, 3.63) is 53.6 Å². The van der Waals surface area contributed by atoms with Crippen molar-refractivity contribution >= 4 is 0 Å². The second kappa shape index (κ2) is 8.92. The van der Waals surface area contributed by atoms with Crippen molar-refractivity contribution in [2.45, 2.75) is 13.1 Å². The van der Waals surface area contributed by atoms with E-state index in [9.17, 15) is 0 Å². The molecule has 0 radical (unpaired) electrons. The van der Waals surface area contributed by atoms with Gasteiger partial charge in [0.15, 0.2) is 0 Å². The number of para-hydroxylation sites is 1. The first kappa shape index (κ1) is 18.5. The normalized spacial score (nSPS) is 15.7. The van der Waals surface area contributed by atoms with Gasteiger partial charge >= 0.3 is 0 Å². The summed E-state index contributed by atoms with van der Waals surface area (Å²) in [5, 5.41) is 0. The largest absolute Gasteiger partial charge is 0.497 e. The lowest BCUT2D eigenvalue weighted by Crippen LogP contribution is -2.45. The number of rotatable bonds is 7. The number of hydrogen-bond donors (Lipinski definition) is 0. The minimum absolute atomic E-state index is 0.826. The molecule has 140 valence electrons. The standard InChI is InChI=1S/C21H28N2O3/c1-24-19-9-8-18(21(14-19)26-3)16-23-12-10-22(11-13-23)15-17-6-4-5-7-20(17)25-2/h4-9,14H,10-13,15-16H2,1-3H3. The molecule has 5 heteroatoms. The lowest BCUT2D eigenvalue weighted by Gasteiger charge is -2.35. The lowest BCUT2D eigenvalue weighted by atomic mass is 10.1. The van der Waals surface area contributed by atoms with Crippen LogP contribution in [0.5, 0.6) is 17.2 Å². The molecule has 1 heterocycles. The first-order valence-electron chi connectivity index (χ1n) is 9.01. The molecule has 0 aromatic heterocycles. The molecule has 1 saturated heterocycles. The van der Waals surface area contributed by atoms with Gasteiger partial charge in [-0.15, -0.1) is 0 Å². The minimum atomic E-state index is 0.826. The SMILES string of the molecule is COc1ccc(CN2CCN(Cc3ccccc3OC)CC2)c(OC)c1. The van der Waals surface area contributed by atoms with E-state index in [4.69, 9.17) is 14.2 Å². The van der Waals surface area contributed by atoms with Crippen LogP contribution in [0.4, 0.5) is 0 Å². The molecule has 0 N–H and O–H groups in total. The predicted molar refractivity (Wildman–Crippen MR) is 103 cm³/mol. The Balaban J connectivity index is 1.56. The van der Waals surface area contributed by atoms with Crippen molar-refractivity contribution in [1.82, 2.24) is 9.80 Å². The van der Waals surface area contributed by atoms with Gasteiger partial charge in [-0.1, -0.05) is 24.3 Å². The van der Waals surface area contributed by atoms with E-state index in [1.54, 1.807) is 21.3 Å². The highest BCUT2D eigenvalue weighted by atomic mass is 16.5. The van der Waals surface area contributed by atoms with Gasteiger partial charge in [-0.2, -0.15) is 0 Å². The zero-order chi connectivity index (χ0) is 18.4. The van der Waals surface area contributed by atoms with Crippen LogP contribution in [0.1, 0.15) is 11.1 Å². The van der Waals surface area contributed by atoms with E-state index in [1.165, 1.54) is 11.1 Å². The van der Waals surface area contributed by atoms with Gasteiger partial charge in [0.25, 0.3) is 0 Å². The van der Waals surface area contributed by atoms with Crippen molar-refractivity contribution in [2.75, 3.05) is 47.5 Å². The average Bonchev–Trinajstić information content (AvgIpc) is 2.70. The van der Waals surface area contributed by atoms with Gasteiger partial charge in [-0.3, -0.25) is 9.80 Å². The summed E-state index contributed by atoms with van der Waals surface area (Å²) in [6.07, 6.45) is 0. The number of ether oxygens (including phenoxy) is 3. The van der Waals surface area contributed by atoms with Crippen LogP contribution in [0.3, 0.4) is 0 Å². The van der Waals surface area contributed by atoms with Crippen molar-refractivity contribution in [1.29, 1.82) is 0 Å². The van der Waals surface area contributed by atoms with E-state index in [0.717, 1.165) is 56.5 Å². The summed E-state index contributed by atoms with van der Waals surface area (Å²) in [5.41, 5.74) is 2.45. The summed E-state index contributed by atoms with van der Waals surface area (Å²) in [7, 11) is 5.12. The Hall–Kier alpha value is -2.24. The molecule has 0 aliphatic carbocycles. The second-order valence-electron chi connectivity index (χ2n) is 6.54. The van der Waals surface area contributed by atoms with Gasteiger partial charge in [-0.25, -0.2) is 0 Å². The Morgan fingerprint density at radius 1 is 0.692 bits per heavy atom. The summed E-state index contributed by atoms with van der Waals surface area (Å²) in [6, 6.07) is 14.3. The summed E-state index contributed by atoms with van der Waals surface area (Å²) in [5.74, 6) is 2.69. The quantitative estimate of drug-likeness (QED) is 0.762. The highest BCUT2D eigenvalue weighted by Crippen LogP contribution is 2.26. The van der Waals surface area contributed by atoms with Crippen LogP contribution in [-0.2, 0) is 13.1 Å². The Labute approximate surface area is 156 Å². The molecular formula is C21H28N2O3. The molecule has 0 atom stereocenters. The Morgan fingerprint density at radius 2 is 1.27 bits per heavy atom. The van der Waals surface area contributed by atoms with Crippen molar-refractivity contribution in [3.8, 4) is 17.2 Å². The maximum absolute atomic E-state index is 5.52. The third kappa shape index (κ3) is 4.48. The first-order valence-corrected chi connectivity index (χ1v) is 9.01. The van der Waals surface area contributed by atoms with Crippen LogP contribution >= 0.6 is 0 Å². The maximum atomic E-state index is 5.52. The van der Waals surface area contributed by atoms with Crippen LogP contribution in [0.15, 0.2) is 42.5 Å². The van der Waals surface area contributed by atoms with Crippen LogP contribution in [0, 0.1) is 0 Å². The van der Waals surface area contributed by atoms with Crippen LogP contribution in [0.25, 0.3) is 0 Å². The molecule has 3 rings (SSSR count). The summed E-state index contributed by atoms with van der Waals surface area (Å²) in [4.78, 5) is 4.96. The highest BCUT2D eigenvalue weighted by molar-refractivity contribution is 5.40. The smallest absolute Gasteiger partial charge is 0.127 e. The van der Waals surface area contributed by atoms with Crippen LogP contribution < -0.4 is 14.2 Å². The lowest BCUT2D eigenvalue weighted by molar-refractivity contribution is 0.120. The molecule has 0 saturated carbocycles. The van der Waals surface area contributed by atoms with Gasteiger partial charge in [0.1, 0.15) is 17.2 Å². The first-order chi connectivity index (χ1) is 12.7. The van der Waals surface area contributed by atoms with Gasteiger partial charge in [0.05, 0.1) is 21.3 Å². The fourth-order valence-electron chi connectivity index (χ4n) is 3.40. The average molecular weight is 356 g/mol. The molecule has 0 spiro atoms. The van der Waals surface area contributed by atoms with E-state index in [0.29, 0.717) is 0 Å². The third-order valence-corrected chi connectivity index (χ3v) is 4.94. The molecule has 2 aromatic rings. The van der Waals surface area contributed by atoms with E-state index >= 15 is 0 Å². The number of hydrogen-bond acceptors (Lipinski definition) is 5. The molecule has 1 fully saturated rings. The van der Waals surface area contributed by atoms with Gasteiger partial charge in [0.2, 0.25) is 0 Å². The minimum Gasteiger partial charge on any atom is -0.497 e. The monoisotopic (exact) mass is 356 g/mol. The van der Waals surface area contributed by atoms with Gasteiger partial charge in [-0.05, 0) is 12.1 Å². The molecule has 2 aromatic carbocycles. The van der Waals surface area contributed by atoms with E-state index in [1.807, 2.05) is 24.3 Å². The topological polar surface area (TPSA) is 34.2 Å². The van der Waals surface area contributed by atoms with Crippen LogP contribution in [0.2, 0.25) is 0 Å². The molecule has 1 aliphatic heterocycles. The fraction of sp³-hybridized carbons (Fsp3) is 0.429. The summed E-state index contributed by atoms with van der Waals surface area (Å²) >= 11 is 0.